The third-order valence-electron chi connectivity index (χ3n) is 2.63. The molecule has 100 valence electrons. The van der Waals surface area contributed by atoms with Gasteiger partial charge in [-0.15, -0.1) is 0 Å². The van der Waals surface area contributed by atoms with Crippen molar-refractivity contribution >= 4 is 11.6 Å². The number of nitrogens with zero attached hydrogens (tertiary/aromatic N) is 2. The number of hydrogen-bond donors (Lipinski definition) is 0. The molecule has 0 N–H and O–H groups in total. The molecule has 0 fully saturated rings. The summed E-state index contributed by atoms with van der Waals surface area (Å²) in [5, 5.41) is 0.229. The van der Waals surface area contributed by atoms with Gasteiger partial charge in [-0.3, -0.25) is 0 Å². The molecule has 1 heterocycles. The lowest BCUT2D eigenvalue weighted by Gasteiger charge is -2.12. The summed E-state index contributed by atoms with van der Waals surface area (Å²) in [7, 11) is 1.64. The number of rotatable bonds is 5. The fourth-order valence-electron chi connectivity index (χ4n) is 1.72. The molecular weight excluding hydrogens is 264 g/mol. The lowest BCUT2D eigenvalue weighted by Crippen LogP contribution is -2.05. The Morgan fingerprint density at radius 3 is 2.79 bits per heavy atom. The van der Waals surface area contributed by atoms with E-state index < -0.39 is 0 Å². The Morgan fingerprint density at radius 1 is 1.21 bits per heavy atom. The largest absolute Gasteiger partial charge is 0.490 e. The summed E-state index contributed by atoms with van der Waals surface area (Å²) in [5.74, 6) is 0.761. The van der Waals surface area contributed by atoms with Crippen LogP contribution in [0.4, 0.5) is 0 Å². The zero-order chi connectivity index (χ0) is 13.7. The standard InChI is InChI=1S/C14H15ClN2O2/c1-10-9-16-14(15)17-13(10)11-5-3-4-6-12(11)19-8-7-18-2/h3-6,9H,7-8H2,1-2H3. The molecule has 5 heteroatoms. The first-order chi connectivity index (χ1) is 9.22. The number of aryl methyl sites for hydroxylation is 1. The summed E-state index contributed by atoms with van der Waals surface area (Å²) in [4.78, 5) is 8.24. The number of methoxy groups -OCH3 is 1. The fourth-order valence-corrected chi connectivity index (χ4v) is 1.85. The van der Waals surface area contributed by atoms with E-state index in [-0.39, 0.29) is 5.28 Å². The van der Waals surface area contributed by atoms with E-state index in [4.69, 9.17) is 21.1 Å². The van der Waals surface area contributed by atoms with Crippen molar-refractivity contribution in [1.82, 2.24) is 9.97 Å². The molecule has 2 rings (SSSR count). The zero-order valence-electron chi connectivity index (χ0n) is 10.9. The van der Waals surface area contributed by atoms with E-state index >= 15 is 0 Å². The molecule has 2 aromatic rings. The van der Waals surface area contributed by atoms with Crippen molar-refractivity contribution < 1.29 is 9.47 Å². The molecule has 0 bridgehead atoms. The van der Waals surface area contributed by atoms with Gasteiger partial charge in [0.05, 0.1) is 12.3 Å². The van der Waals surface area contributed by atoms with Gasteiger partial charge in [-0.25, -0.2) is 9.97 Å². The molecule has 0 unspecified atom stereocenters. The van der Waals surface area contributed by atoms with Crippen LogP contribution in [0.2, 0.25) is 5.28 Å². The maximum Gasteiger partial charge on any atom is 0.222 e. The minimum absolute atomic E-state index is 0.229. The SMILES string of the molecule is COCCOc1ccccc1-c1nc(Cl)ncc1C. The van der Waals surface area contributed by atoms with Gasteiger partial charge in [-0.05, 0) is 36.2 Å². The maximum absolute atomic E-state index is 5.86. The quantitative estimate of drug-likeness (QED) is 0.623. The van der Waals surface area contributed by atoms with Gasteiger partial charge in [0.1, 0.15) is 12.4 Å². The van der Waals surface area contributed by atoms with E-state index in [1.165, 1.54) is 0 Å². The van der Waals surface area contributed by atoms with Gasteiger partial charge in [-0.1, -0.05) is 12.1 Å². The molecule has 0 aliphatic carbocycles. The molecule has 19 heavy (non-hydrogen) atoms. The van der Waals surface area contributed by atoms with Gasteiger partial charge in [0.25, 0.3) is 0 Å². The molecule has 1 aromatic carbocycles. The molecule has 0 amide bonds. The highest BCUT2D eigenvalue weighted by Crippen LogP contribution is 2.30. The summed E-state index contributed by atoms with van der Waals surface area (Å²) < 4.78 is 10.7. The first-order valence-electron chi connectivity index (χ1n) is 5.92. The van der Waals surface area contributed by atoms with Crippen LogP contribution in [0.3, 0.4) is 0 Å². The Kier molecular flexibility index (Phi) is 4.71. The van der Waals surface area contributed by atoms with E-state index in [2.05, 4.69) is 9.97 Å². The van der Waals surface area contributed by atoms with Crippen molar-refractivity contribution in [2.24, 2.45) is 0 Å². The molecule has 0 aliphatic heterocycles. The van der Waals surface area contributed by atoms with E-state index in [1.807, 2.05) is 31.2 Å². The van der Waals surface area contributed by atoms with Crippen LogP contribution >= 0.6 is 11.6 Å². The molecule has 0 aliphatic rings. The number of halogens is 1. The van der Waals surface area contributed by atoms with Gasteiger partial charge >= 0.3 is 0 Å². The average Bonchev–Trinajstić information content (AvgIpc) is 2.42. The minimum atomic E-state index is 0.229. The molecule has 4 nitrogen and oxygen atoms in total. The Morgan fingerprint density at radius 2 is 2.00 bits per heavy atom. The second-order valence-corrected chi connectivity index (χ2v) is 4.35. The van der Waals surface area contributed by atoms with Crippen LogP contribution in [0, 0.1) is 6.92 Å². The summed E-state index contributed by atoms with van der Waals surface area (Å²) in [6, 6.07) is 7.71. The van der Waals surface area contributed by atoms with Gasteiger partial charge in [0.15, 0.2) is 0 Å². The highest BCUT2D eigenvalue weighted by molar-refractivity contribution is 6.28. The van der Waals surface area contributed by atoms with Crippen LogP contribution in [0.5, 0.6) is 5.75 Å². The normalized spacial score (nSPS) is 10.5. The summed E-state index contributed by atoms with van der Waals surface area (Å²) in [5.41, 5.74) is 2.64. The first-order valence-corrected chi connectivity index (χ1v) is 6.30. The molecular formula is C14H15ClN2O2. The number of ether oxygens (including phenoxy) is 2. The minimum Gasteiger partial charge on any atom is -0.490 e. The molecule has 0 atom stereocenters. The third-order valence-corrected chi connectivity index (χ3v) is 2.81. The Bertz CT molecular complexity index is 561. The second-order valence-electron chi connectivity index (χ2n) is 4.01. The highest BCUT2D eigenvalue weighted by atomic mass is 35.5. The summed E-state index contributed by atoms with van der Waals surface area (Å²) in [6.45, 7) is 2.97. The Hall–Kier alpha value is -1.65. The van der Waals surface area contributed by atoms with Crippen LogP contribution < -0.4 is 4.74 Å². The average molecular weight is 279 g/mol. The summed E-state index contributed by atoms with van der Waals surface area (Å²) in [6.07, 6.45) is 1.70. The fraction of sp³-hybridized carbons (Fsp3) is 0.286. The topological polar surface area (TPSA) is 44.2 Å². The predicted molar refractivity (Wildman–Crippen MR) is 74.6 cm³/mol. The predicted octanol–water partition coefficient (Wildman–Crippen LogP) is 3.13. The first kappa shape index (κ1) is 13.8. The van der Waals surface area contributed by atoms with Crippen molar-refractivity contribution in [3.8, 4) is 17.0 Å². The maximum atomic E-state index is 5.86. The molecule has 0 radical (unpaired) electrons. The van der Waals surface area contributed by atoms with Crippen molar-refractivity contribution in [2.45, 2.75) is 6.92 Å². The van der Waals surface area contributed by atoms with E-state index in [1.54, 1.807) is 13.3 Å². The lowest BCUT2D eigenvalue weighted by molar-refractivity contribution is 0.146. The van der Waals surface area contributed by atoms with Gasteiger partial charge in [0.2, 0.25) is 5.28 Å². The van der Waals surface area contributed by atoms with Crippen molar-refractivity contribution in [2.75, 3.05) is 20.3 Å². The van der Waals surface area contributed by atoms with Crippen LogP contribution in [0.1, 0.15) is 5.56 Å². The number of aromatic nitrogens is 2. The molecule has 0 spiro atoms. The van der Waals surface area contributed by atoms with Crippen LogP contribution in [0.15, 0.2) is 30.5 Å². The van der Waals surface area contributed by atoms with Crippen molar-refractivity contribution in [3.05, 3.63) is 41.3 Å². The lowest BCUT2D eigenvalue weighted by atomic mass is 10.1. The van der Waals surface area contributed by atoms with E-state index in [0.717, 1.165) is 22.6 Å². The molecule has 0 saturated heterocycles. The van der Waals surface area contributed by atoms with Gasteiger partial charge in [0, 0.05) is 18.9 Å². The number of hydrogen-bond acceptors (Lipinski definition) is 4. The van der Waals surface area contributed by atoms with Crippen LogP contribution in [-0.2, 0) is 4.74 Å². The van der Waals surface area contributed by atoms with E-state index in [9.17, 15) is 0 Å². The molecule has 1 aromatic heterocycles. The summed E-state index contributed by atoms with van der Waals surface area (Å²) >= 11 is 5.86. The number of benzene rings is 1. The van der Waals surface area contributed by atoms with E-state index in [0.29, 0.717) is 13.2 Å². The van der Waals surface area contributed by atoms with Gasteiger partial charge in [-0.2, -0.15) is 0 Å². The van der Waals surface area contributed by atoms with Crippen molar-refractivity contribution in [3.63, 3.8) is 0 Å². The van der Waals surface area contributed by atoms with Crippen molar-refractivity contribution in [1.29, 1.82) is 0 Å². The Balaban J connectivity index is 2.35. The third kappa shape index (κ3) is 3.43. The van der Waals surface area contributed by atoms with Crippen LogP contribution in [0.25, 0.3) is 11.3 Å². The highest BCUT2D eigenvalue weighted by Gasteiger charge is 2.11. The molecule has 0 saturated carbocycles. The number of para-hydroxylation sites is 1. The van der Waals surface area contributed by atoms with Gasteiger partial charge < -0.3 is 9.47 Å². The van der Waals surface area contributed by atoms with Crippen LogP contribution in [-0.4, -0.2) is 30.3 Å². The Labute approximate surface area is 117 Å². The second kappa shape index (κ2) is 6.50. The zero-order valence-corrected chi connectivity index (χ0v) is 11.6. The smallest absolute Gasteiger partial charge is 0.222 e. The monoisotopic (exact) mass is 278 g/mol.